The molecule has 2 N–H and O–H groups in total. The minimum absolute atomic E-state index is 0.0542. The van der Waals surface area contributed by atoms with Gasteiger partial charge < -0.3 is 10.2 Å². The van der Waals surface area contributed by atoms with E-state index in [1.165, 1.54) is 6.92 Å². The van der Waals surface area contributed by atoms with Gasteiger partial charge in [-0.25, -0.2) is 0 Å². The molecule has 0 saturated carbocycles. The van der Waals surface area contributed by atoms with Crippen LogP contribution in [0.3, 0.4) is 0 Å². The number of phenolic OH excluding ortho intramolecular Hbond substituents is 1. The number of alkyl halides is 3. The summed E-state index contributed by atoms with van der Waals surface area (Å²) >= 11 is 11.3. The Labute approximate surface area is 132 Å². The van der Waals surface area contributed by atoms with Gasteiger partial charge in [-0.1, -0.05) is 23.2 Å². The molecule has 0 radical (unpaired) electrons. The molecule has 1 unspecified atom stereocenters. The van der Waals surface area contributed by atoms with Crippen molar-refractivity contribution >= 4 is 34.8 Å². The lowest BCUT2D eigenvalue weighted by Gasteiger charge is -2.32. The van der Waals surface area contributed by atoms with Crippen molar-refractivity contribution in [1.82, 2.24) is 5.01 Å². The molecule has 0 aliphatic carbocycles. The van der Waals surface area contributed by atoms with Crippen molar-refractivity contribution < 1.29 is 28.2 Å². The maximum atomic E-state index is 13.1. The van der Waals surface area contributed by atoms with Crippen molar-refractivity contribution in [3.8, 4) is 5.75 Å². The molecule has 2 rings (SSSR count). The Hall–Kier alpha value is -1.51. The van der Waals surface area contributed by atoms with Gasteiger partial charge in [0, 0.05) is 17.7 Å². The Morgan fingerprint density at radius 3 is 2.32 bits per heavy atom. The van der Waals surface area contributed by atoms with Crippen molar-refractivity contribution in [2.24, 2.45) is 5.10 Å². The second-order valence-corrected chi connectivity index (χ2v) is 5.55. The van der Waals surface area contributed by atoms with Gasteiger partial charge in [0.2, 0.25) is 0 Å². The summed E-state index contributed by atoms with van der Waals surface area (Å²) < 4.78 is 39.2. The van der Waals surface area contributed by atoms with Gasteiger partial charge in [0.05, 0.1) is 10.0 Å². The molecule has 120 valence electrons. The number of phenols is 1. The van der Waals surface area contributed by atoms with E-state index >= 15 is 0 Å². The van der Waals surface area contributed by atoms with Gasteiger partial charge in [-0.2, -0.15) is 23.3 Å². The summed E-state index contributed by atoms with van der Waals surface area (Å²) in [7, 11) is 0. The molecule has 0 spiro atoms. The summed E-state index contributed by atoms with van der Waals surface area (Å²) in [5.74, 6) is -1.76. The highest BCUT2D eigenvalue weighted by atomic mass is 35.5. The van der Waals surface area contributed by atoms with Gasteiger partial charge >= 0.3 is 6.18 Å². The van der Waals surface area contributed by atoms with E-state index in [-0.39, 0.29) is 26.3 Å². The lowest BCUT2D eigenvalue weighted by Crippen LogP contribution is -2.56. The summed E-state index contributed by atoms with van der Waals surface area (Å²) in [4.78, 5) is 12.2. The van der Waals surface area contributed by atoms with Crippen LogP contribution < -0.4 is 0 Å². The van der Waals surface area contributed by atoms with Gasteiger partial charge in [0.1, 0.15) is 0 Å². The summed E-state index contributed by atoms with van der Waals surface area (Å²) in [5, 5.41) is 22.0. The molecule has 22 heavy (non-hydrogen) atoms. The number of rotatable bonds is 1. The highest BCUT2D eigenvalue weighted by Crippen LogP contribution is 2.41. The zero-order valence-electron chi connectivity index (χ0n) is 10.9. The van der Waals surface area contributed by atoms with Crippen molar-refractivity contribution in [2.75, 3.05) is 0 Å². The van der Waals surface area contributed by atoms with E-state index in [4.69, 9.17) is 23.2 Å². The first kappa shape index (κ1) is 16.9. The molecule has 0 bridgehead atoms. The molecular formula is C12H9Cl2F3N2O3. The third-order valence-electron chi connectivity index (χ3n) is 3.03. The minimum atomic E-state index is -5.10. The maximum Gasteiger partial charge on any atom is 0.438 e. The summed E-state index contributed by atoms with van der Waals surface area (Å²) in [6.07, 6.45) is -5.96. The number of hydrogen-bond donors (Lipinski definition) is 2. The lowest BCUT2D eigenvalue weighted by atomic mass is 10.1. The Bertz CT molecular complexity index is 655. The van der Waals surface area contributed by atoms with Crippen molar-refractivity contribution in [3.05, 3.63) is 27.7 Å². The largest absolute Gasteiger partial charge is 0.505 e. The monoisotopic (exact) mass is 356 g/mol. The number of nitrogens with zero attached hydrogens (tertiary/aromatic N) is 2. The van der Waals surface area contributed by atoms with Crippen LogP contribution in [0.1, 0.15) is 23.7 Å². The minimum Gasteiger partial charge on any atom is -0.505 e. The Morgan fingerprint density at radius 1 is 1.36 bits per heavy atom. The van der Waals surface area contributed by atoms with E-state index < -0.39 is 30.0 Å². The molecule has 1 atom stereocenters. The molecule has 1 heterocycles. The van der Waals surface area contributed by atoms with Gasteiger partial charge in [-0.3, -0.25) is 4.79 Å². The molecule has 1 aliphatic heterocycles. The van der Waals surface area contributed by atoms with Crippen LogP contribution in [0.15, 0.2) is 17.2 Å². The summed E-state index contributed by atoms with van der Waals surface area (Å²) in [5.41, 5.74) is -3.86. The molecule has 0 fully saturated rings. The molecular weight excluding hydrogens is 348 g/mol. The average Bonchev–Trinajstić information content (AvgIpc) is 2.70. The molecule has 10 heteroatoms. The highest BCUT2D eigenvalue weighted by molar-refractivity contribution is 6.37. The number of aromatic hydroxyl groups is 1. The molecule has 1 amide bonds. The van der Waals surface area contributed by atoms with Crippen molar-refractivity contribution in [1.29, 1.82) is 0 Å². The zero-order valence-corrected chi connectivity index (χ0v) is 12.5. The molecule has 0 aromatic heterocycles. The van der Waals surface area contributed by atoms with Crippen LogP contribution >= 0.6 is 23.2 Å². The predicted octanol–water partition coefficient (Wildman–Crippen LogP) is 3.17. The fourth-order valence-corrected chi connectivity index (χ4v) is 2.45. The Morgan fingerprint density at radius 2 is 1.86 bits per heavy atom. The van der Waals surface area contributed by atoms with E-state index in [1.807, 2.05) is 0 Å². The van der Waals surface area contributed by atoms with Gasteiger partial charge in [0.25, 0.3) is 11.6 Å². The highest BCUT2D eigenvalue weighted by Gasteiger charge is 2.62. The number of carbonyl (C=O) groups is 1. The molecule has 1 aromatic rings. The number of hydrazone groups is 1. The van der Waals surface area contributed by atoms with E-state index in [0.717, 1.165) is 12.1 Å². The average molecular weight is 357 g/mol. The van der Waals surface area contributed by atoms with Crippen LogP contribution in [-0.2, 0) is 0 Å². The normalized spacial score (nSPS) is 22.0. The van der Waals surface area contributed by atoms with E-state index in [9.17, 15) is 28.2 Å². The van der Waals surface area contributed by atoms with Crippen molar-refractivity contribution in [2.45, 2.75) is 25.2 Å². The fourth-order valence-electron chi connectivity index (χ4n) is 1.97. The second kappa shape index (κ2) is 5.29. The van der Waals surface area contributed by atoms with E-state index in [2.05, 4.69) is 5.10 Å². The van der Waals surface area contributed by atoms with Gasteiger partial charge in [0.15, 0.2) is 5.75 Å². The van der Waals surface area contributed by atoms with Crippen LogP contribution in [0, 0.1) is 0 Å². The van der Waals surface area contributed by atoms with E-state index in [1.54, 1.807) is 0 Å². The topological polar surface area (TPSA) is 73.1 Å². The Balaban J connectivity index is 2.48. The first-order chi connectivity index (χ1) is 9.97. The SMILES string of the molecule is CC1=NN(C(=O)c2cc(Cl)c(O)c(Cl)c2)C(O)(C(F)(F)F)C1. The Kier molecular flexibility index (Phi) is 4.05. The van der Waals surface area contributed by atoms with Crippen LogP contribution in [-0.4, -0.2) is 38.7 Å². The zero-order chi connectivity index (χ0) is 16.9. The van der Waals surface area contributed by atoms with Crippen molar-refractivity contribution in [3.63, 3.8) is 0 Å². The van der Waals surface area contributed by atoms with Crippen LogP contribution in [0.4, 0.5) is 13.2 Å². The summed E-state index contributed by atoms with van der Waals surface area (Å²) in [6.45, 7) is 1.25. The second-order valence-electron chi connectivity index (χ2n) is 4.73. The number of benzene rings is 1. The number of halogens is 5. The van der Waals surface area contributed by atoms with Crippen LogP contribution in [0.2, 0.25) is 10.0 Å². The number of amides is 1. The fraction of sp³-hybridized carbons (Fsp3) is 0.333. The van der Waals surface area contributed by atoms with Crippen LogP contribution in [0.25, 0.3) is 0 Å². The third kappa shape index (κ3) is 2.62. The first-order valence-electron chi connectivity index (χ1n) is 5.83. The van der Waals surface area contributed by atoms with Gasteiger partial charge in [-0.05, 0) is 19.1 Å². The van der Waals surface area contributed by atoms with Crippen LogP contribution in [0.5, 0.6) is 5.75 Å². The standard InChI is InChI=1S/C12H9Cl2F3N2O3/c1-5-4-11(22,12(15,16)17)19(18-5)10(21)6-2-7(13)9(20)8(14)3-6/h2-3,20,22H,4H2,1H3. The molecule has 1 aromatic carbocycles. The predicted molar refractivity (Wildman–Crippen MR) is 73.0 cm³/mol. The summed E-state index contributed by atoms with van der Waals surface area (Å²) in [6, 6.07) is 1.87. The van der Waals surface area contributed by atoms with E-state index in [0.29, 0.717) is 0 Å². The third-order valence-corrected chi connectivity index (χ3v) is 3.61. The molecule has 1 aliphatic rings. The number of hydrogen-bond acceptors (Lipinski definition) is 4. The maximum absolute atomic E-state index is 13.1. The lowest BCUT2D eigenvalue weighted by molar-refractivity contribution is -0.297. The molecule has 0 saturated heterocycles. The number of carbonyl (C=O) groups excluding carboxylic acids is 1. The molecule has 5 nitrogen and oxygen atoms in total. The van der Waals surface area contributed by atoms with Gasteiger partial charge in [-0.15, -0.1) is 0 Å². The smallest absolute Gasteiger partial charge is 0.438 e. The first-order valence-corrected chi connectivity index (χ1v) is 6.58. The quantitative estimate of drug-likeness (QED) is 0.811. The number of aliphatic hydroxyl groups is 1.